The monoisotopic (exact) mass is 351 g/mol. The molecular weight excluding hydrogens is 335 g/mol. The van der Waals surface area contributed by atoms with Crippen LogP contribution in [0, 0.1) is 5.82 Å². The normalized spacial score (nSPS) is 14.8. The van der Waals surface area contributed by atoms with Crippen LogP contribution in [0.25, 0.3) is 11.6 Å². The molecule has 0 N–H and O–H groups in total. The Bertz CT molecular complexity index is 975. The number of hydrogen-bond acceptors (Lipinski definition) is 1. The standard InChI is InChI=1S/C22H16F3N/c23-17-8-9-18-16(13-17)7-10-21-19(2-1-11-26-21)20(18)12-14-3-5-15(6-4-14)22(24)25/h1-6,8-9,11-13,22H,7,10H2/b20-12+. The van der Waals surface area contributed by atoms with E-state index in [-0.39, 0.29) is 11.4 Å². The van der Waals surface area contributed by atoms with Gasteiger partial charge in [0.2, 0.25) is 0 Å². The molecule has 0 saturated heterocycles. The molecule has 0 amide bonds. The first-order valence-corrected chi connectivity index (χ1v) is 8.45. The summed E-state index contributed by atoms with van der Waals surface area (Å²) in [6.07, 6.45) is 2.67. The zero-order valence-corrected chi connectivity index (χ0v) is 13.9. The van der Waals surface area contributed by atoms with Crippen LogP contribution in [0.3, 0.4) is 0 Å². The highest BCUT2D eigenvalue weighted by molar-refractivity contribution is 5.93. The Morgan fingerprint density at radius 2 is 1.73 bits per heavy atom. The molecule has 1 aliphatic carbocycles. The predicted octanol–water partition coefficient (Wildman–Crippen LogP) is 5.85. The lowest BCUT2D eigenvalue weighted by molar-refractivity contribution is 0.151. The Labute approximate surface area is 149 Å². The van der Waals surface area contributed by atoms with E-state index in [1.807, 2.05) is 18.2 Å². The van der Waals surface area contributed by atoms with Crippen molar-refractivity contribution in [1.29, 1.82) is 0 Å². The molecule has 0 spiro atoms. The van der Waals surface area contributed by atoms with E-state index < -0.39 is 6.43 Å². The number of rotatable bonds is 2. The first-order valence-electron chi connectivity index (χ1n) is 8.45. The van der Waals surface area contributed by atoms with Crippen molar-refractivity contribution in [2.75, 3.05) is 0 Å². The van der Waals surface area contributed by atoms with Gasteiger partial charge in [-0.3, -0.25) is 4.98 Å². The number of fused-ring (bicyclic) bond motifs is 2. The Balaban J connectivity index is 1.88. The molecule has 1 aromatic heterocycles. The van der Waals surface area contributed by atoms with Crippen LogP contribution in [0.4, 0.5) is 13.2 Å². The van der Waals surface area contributed by atoms with Gasteiger partial charge in [0, 0.05) is 23.0 Å². The second-order valence-electron chi connectivity index (χ2n) is 6.32. The molecule has 0 unspecified atom stereocenters. The molecule has 4 heteroatoms. The SMILES string of the molecule is Fc1ccc2c(c1)CCc1ncccc1/C2=C/c1ccc(C(F)F)cc1. The van der Waals surface area contributed by atoms with Crippen molar-refractivity contribution in [3.63, 3.8) is 0 Å². The van der Waals surface area contributed by atoms with Gasteiger partial charge < -0.3 is 0 Å². The van der Waals surface area contributed by atoms with E-state index in [4.69, 9.17) is 0 Å². The molecule has 0 atom stereocenters. The van der Waals surface area contributed by atoms with Gasteiger partial charge in [0.25, 0.3) is 6.43 Å². The third kappa shape index (κ3) is 3.15. The smallest absolute Gasteiger partial charge is 0.261 e. The molecular formula is C22H16F3N. The topological polar surface area (TPSA) is 12.9 Å². The van der Waals surface area contributed by atoms with Crippen molar-refractivity contribution >= 4 is 11.6 Å². The number of nitrogens with zero attached hydrogens (tertiary/aromatic N) is 1. The number of aryl methyl sites for hydroxylation is 2. The van der Waals surface area contributed by atoms with Gasteiger partial charge in [-0.15, -0.1) is 0 Å². The Kier molecular flexibility index (Phi) is 4.33. The van der Waals surface area contributed by atoms with Gasteiger partial charge in [0.05, 0.1) is 0 Å². The number of aromatic nitrogens is 1. The number of halogens is 3. The summed E-state index contributed by atoms with van der Waals surface area (Å²) in [5.74, 6) is -0.261. The second-order valence-corrected chi connectivity index (χ2v) is 6.32. The Morgan fingerprint density at radius 1 is 0.923 bits per heavy atom. The van der Waals surface area contributed by atoms with Gasteiger partial charge in [-0.25, -0.2) is 13.2 Å². The average Bonchev–Trinajstić information content (AvgIpc) is 2.79. The van der Waals surface area contributed by atoms with E-state index in [1.54, 1.807) is 30.5 Å². The fourth-order valence-corrected chi connectivity index (χ4v) is 3.37. The number of pyridine rings is 1. The van der Waals surface area contributed by atoms with Crippen LogP contribution in [0.2, 0.25) is 0 Å². The maximum Gasteiger partial charge on any atom is 0.263 e. The molecule has 3 aromatic rings. The van der Waals surface area contributed by atoms with Crippen LogP contribution in [-0.2, 0) is 12.8 Å². The molecule has 0 saturated carbocycles. The lowest BCUT2D eigenvalue weighted by Crippen LogP contribution is -1.95. The average molecular weight is 351 g/mol. The summed E-state index contributed by atoms with van der Waals surface area (Å²) in [5.41, 5.74) is 5.59. The highest BCUT2D eigenvalue weighted by atomic mass is 19.3. The molecule has 1 nitrogen and oxygen atoms in total. The molecule has 4 rings (SSSR count). The van der Waals surface area contributed by atoms with E-state index in [9.17, 15) is 13.2 Å². The van der Waals surface area contributed by atoms with Crippen molar-refractivity contribution in [3.8, 4) is 0 Å². The van der Waals surface area contributed by atoms with Gasteiger partial charge in [-0.2, -0.15) is 0 Å². The summed E-state index contributed by atoms with van der Waals surface area (Å²) in [6, 6.07) is 14.9. The molecule has 130 valence electrons. The first kappa shape index (κ1) is 16.6. The molecule has 1 heterocycles. The third-order valence-corrected chi connectivity index (χ3v) is 4.67. The number of alkyl halides is 2. The van der Waals surface area contributed by atoms with Crippen molar-refractivity contribution < 1.29 is 13.2 Å². The zero-order chi connectivity index (χ0) is 18.1. The summed E-state index contributed by atoms with van der Waals surface area (Å²) in [4.78, 5) is 4.48. The Morgan fingerprint density at radius 3 is 2.50 bits per heavy atom. The van der Waals surface area contributed by atoms with E-state index in [2.05, 4.69) is 4.98 Å². The summed E-state index contributed by atoms with van der Waals surface area (Å²) in [7, 11) is 0. The van der Waals surface area contributed by atoms with Gasteiger partial charge in [0.15, 0.2) is 0 Å². The third-order valence-electron chi connectivity index (χ3n) is 4.67. The summed E-state index contributed by atoms with van der Waals surface area (Å²) >= 11 is 0. The summed E-state index contributed by atoms with van der Waals surface area (Å²) in [5, 5.41) is 0. The number of hydrogen-bond donors (Lipinski definition) is 0. The van der Waals surface area contributed by atoms with Crippen LogP contribution >= 0.6 is 0 Å². The minimum absolute atomic E-state index is 0.00226. The summed E-state index contributed by atoms with van der Waals surface area (Å²) in [6.45, 7) is 0. The maximum atomic E-state index is 13.7. The van der Waals surface area contributed by atoms with E-state index in [0.717, 1.165) is 39.9 Å². The van der Waals surface area contributed by atoms with E-state index in [1.165, 1.54) is 18.2 Å². The lowest BCUT2D eigenvalue weighted by Gasteiger charge is -2.12. The van der Waals surface area contributed by atoms with Crippen LogP contribution < -0.4 is 0 Å². The molecule has 0 bridgehead atoms. The lowest BCUT2D eigenvalue weighted by atomic mass is 9.93. The van der Waals surface area contributed by atoms with Crippen molar-refractivity contribution in [2.45, 2.75) is 19.3 Å². The van der Waals surface area contributed by atoms with Gasteiger partial charge in [-0.1, -0.05) is 36.4 Å². The van der Waals surface area contributed by atoms with E-state index >= 15 is 0 Å². The van der Waals surface area contributed by atoms with Crippen LogP contribution in [0.5, 0.6) is 0 Å². The second kappa shape index (κ2) is 6.79. The van der Waals surface area contributed by atoms with E-state index in [0.29, 0.717) is 6.42 Å². The molecule has 26 heavy (non-hydrogen) atoms. The fraction of sp³-hybridized carbons (Fsp3) is 0.136. The van der Waals surface area contributed by atoms with Crippen molar-refractivity contribution in [3.05, 3.63) is 100 Å². The molecule has 2 aromatic carbocycles. The molecule has 0 radical (unpaired) electrons. The molecule has 0 fully saturated rings. The maximum absolute atomic E-state index is 13.7. The van der Waals surface area contributed by atoms with Gasteiger partial charge in [0.1, 0.15) is 5.82 Å². The molecule has 0 aliphatic heterocycles. The number of benzene rings is 2. The molecule has 1 aliphatic rings. The van der Waals surface area contributed by atoms with Crippen LogP contribution in [0.15, 0.2) is 60.8 Å². The van der Waals surface area contributed by atoms with Crippen LogP contribution in [0.1, 0.15) is 39.9 Å². The Hall–Kier alpha value is -2.88. The minimum atomic E-state index is -2.48. The fourth-order valence-electron chi connectivity index (χ4n) is 3.37. The zero-order valence-electron chi connectivity index (χ0n) is 13.9. The summed E-state index contributed by atoms with van der Waals surface area (Å²) < 4.78 is 39.3. The predicted molar refractivity (Wildman–Crippen MR) is 96.4 cm³/mol. The quantitative estimate of drug-likeness (QED) is 0.565. The van der Waals surface area contributed by atoms with Crippen molar-refractivity contribution in [2.24, 2.45) is 0 Å². The largest absolute Gasteiger partial charge is 0.263 e. The first-order chi connectivity index (χ1) is 12.6. The van der Waals surface area contributed by atoms with Gasteiger partial charge in [-0.05, 0) is 59.4 Å². The minimum Gasteiger partial charge on any atom is -0.261 e. The van der Waals surface area contributed by atoms with Gasteiger partial charge >= 0.3 is 0 Å². The highest BCUT2D eigenvalue weighted by Crippen LogP contribution is 2.34. The van der Waals surface area contributed by atoms with Crippen LogP contribution in [-0.4, -0.2) is 4.98 Å². The highest BCUT2D eigenvalue weighted by Gasteiger charge is 2.19. The van der Waals surface area contributed by atoms with Crippen molar-refractivity contribution in [1.82, 2.24) is 4.98 Å².